The number of nitrogens with zero attached hydrogens (tertiary/aromatic N) is 1. The Morgan fingerprint density at radius 3 is 3.06 bits per heavy atom. The number of rotatable bonds is 7. The molecule has 16 heavy (non-hydrogen) atoms. The van der Waals surface area contributed by atoms with E-state index in [2.05, 4.69) is 15.8 Å². The van der Waals surface area contributed by atoms with Crippen molar-refractivity contribution in [1.82, 2.24) is 15.8 Å². The summed E-state index contributed by atoms with van der Waals surface area (Å²) in [5.41, 5.74) is 0.725. The predicted octanol–water partition coefficient (Wildman–Crippen LogP) is -0.165. The lowest BCUT2D eigenvalue weighted by Crippen LogP contribution is -2.34. The van der Waals surface area contributed by atoms with E-state index in [4.69, 9.17) is 9.26 Å². The molecule has 0 aliphatic carbocycles. The summed E-state index contributed by atoms with van der Waals surface area (Å²) in [6.07, 6.45) is 0. The summed E-state index contributed by atoms with van der Waals surface area (Å²) in [6.45, 7) is 3.73. The summed E-state index contributed by atoms with van der Waals surface area (Å²) in [7, 11) is 1.62. The molecule has 0 fully saturated rings. The maximum Gasteiger partial charge on any atom is 0.234 e. The molecule has 0 radical (unpaired) electrons. The summed E-state index contributed by atoms with van der Waals surface area (Å²) < 4.78 is 9.72. The number of carbonyl (C=O) groups is 1. The van der Waals surface area contributed by atoms with Crippen LogP contribution < -0.4 is 10.6 Å². The average Bonchev–Trinajstić information content (AvgIpc) is 2.68. The molecule has 1 heterocycles. The molecule has 2 N–H and O–H groups in total. The minimum atomic E-state index is -0.0724. The second-order valence-corrected chi connectivity index (χ2v) is 3.38. The Morgan fingerprint density at radius 1 is 1.62 bits per heavy atom. The molecule has 0 spiro atoms. The minimum absolute atomic E-state index is 0.0724. The molecule has 0 saturated heterocycles. The van der Waals surface area contributed by atoms with E-state index >= 15 is 0 Å². The minimum Gasteiger partial charge on any atom is -0.383 e. The van der Waals surface area contributed by atoms with E-state index in [0.717, 1.165) is 11.5 Å². The smallest absolute Gasteiger partial charge is 0.234 e. The summed E-state index contributed by atoms with van der Waals surface area (Å²) in [6, 6.07) is 1.79. The third-order valence-electron chi connectivity index (χ3n) is 1.91. The fourth-order valence-electron chi connectivity index (χ4n) is 1.13. The molecule has 0 saturated carbocycles. The number of carbonyl (C=O) groups excluding carboxylic acids is 1. The number of ether oxygens (including phenoxy) is 1. The van der Waals surface area contributed by atoms with Crippen LogP contribution in [0.5, 0.6) is 0 Å². The summed E-state index contributed by atoms with van der Waals surface area (Å²) in [5.74, 6) is 0.666. The topological polar surface area (TPSA) is 76.4 Å². The summed E-state index contributed by atoms with van der Waals surface area (Å²) >= 11 is 0. The largest absolute Gasteiger partial charge is 0.383 e. The standard InChI is InChI=1S/C10H17N3O3/c1-8-5-9(13-16-8)6-12-10(14)7-11-3-4-15-2/h5,11H,3-4,6-7H2,1-2H3,(H,12,14). The fourth-order valence-corrected chi connectivity index (χ4v) is 1.13. The van der Waals surface area contributed by atoms with Gasteiger partial charge in [0.15, 0.2) is 0 Å². The van der Waals surface area contributed by atoms with Crippen molar-refractivity contribution in [3.63, 3.8) is 0 Å². The van der Waals surface area contributed by atoms with Gasteiger partial charge in [0.2, 0.25) is 5.91 Å². The SMILES string of the molecule is COCCNCC(=O)NCc1cc(C)on1. The van der Waals surface area contributed by atoms with Crippen LogP contribution in [0.3, 0.4) is 0 Å². The third-order valence-corrected chi connectivity index (χ3v) is 1.91. The molecule has 1 amide bonds. The number of amides is 1. The van der Waals surface area contributed by atoms with Gasteiger partial charge in [-0.25, -0.2) is 0 Å². The third kappa shape index (κ3) is 4.90. The molecule has 6 nitrogen and oxygen atoms in total. The molecule has 1 aromatic rings. The predicted molar refractivity (Wildman–Crippen MR) is 57.8 cm³/mol. The highest BCUT2D eigenvalue weighted by Gasteiger charge is 2.03. The lowest BCUT2D eigenvalue weighted by molar-refractivity contribution is -0.120. The van der Waals surface area contributed by atoms with Crippen LogP contribution in [0.2, 0.25) is 0 Å². The molecule has 0 atom stereocenters. The molecule has 1 rings (SSSR count). The molecule has 6 heteroatoms. The van der Waals surface area contributed by atoms with Gasteiger partial charge >= 0.3 is 0 Å². The van der Waals surface area contributed by atoms with Crippen LogP contribution >= 0.6 is 0 Å². The molecule has 0 aromatic carbocycles. The highest BCUT2D eigenvalue weighted by molar-refractivity contribution is 5.77. The lowest BCUT2D eigenvalue weighted by Gasteiger charge is -2.04. The van der Waals surface area contributed by atoms with Crippen molar-refractivity contribution in [2.24, 2.45) is 0 Å². The van der Waals surface area contributed by atoms with Gasteiger partial charge in [0.05, 0.1) is 19.7 Å². The van der Waals surface area contributed by atoms with Crippen molar-refractivity contribution < 1.29 is 14.1 Å². The van der Waals surface area contributed by atoms with Crippen molar-refractivity contribution in [1.29, 1.82) is 0 Å². The number of aryl methyl sites for hydroxylation is 1. The number of hydrogen-bond acceptors (Lipinski definition) is 5. The van der Waals surface area contributed by atoms with E-state index in [-0.39, 0.29) is 12.5 Å². The van der Waals surface area contributed by atoms with Crippen LogP contribution in [-0.4, -0.2) is 37.9 Å². The Bertz CT molecular complexity index is 325. The fraction of sp³-hybridized carbons (Fsp3) is 0.600. The Hall–Kier alpha value is -1.40. The molecule has 0 unspecified atom stereocenters. The van der Waals surface area contributed by atoms with E-state index in [9.17, 15) is 4.79 Å². The maximum absolute atomic E-state index is 11.3. The van der Waals surface area contributed by atoms with Crippen molar-refractivity contribution in [2.45, 2.75) is 13.5 Å². The summed E-state index contributed by atoms with van der Waals surface area (Å²) in [5, 5.41) is 9.44. The highest BCUT2D eigenvalue weighted by atomic mass is 16.5. The van der Waals surface area contributed by atoms with Gasteiger partial charge in [-0.05, 0) is 6.92 Å². The lowest BCUT2D eigenvalue weighted by atomic mass is 10.4. The van der Waals surface area contributed by atoms with Gasteiger partial charge in [-0.15, -0.1) is 0 Å². The van der Waals surface area contributed by atoms with Gasteiger partial charge in [0.25, 0.3) is 0 Å². The number of hydrogen-bond donors (Lipinski definition) is 2. The zero-order chi connectivity index (χ0) is 11.8. The second kappa shape index (κ2) is 6.97. The first kappa shape index (κ1) is 12.7. The van der Waals surface area contributed by atoms with Crippen molar-refractivity contribution in [3.8, 4) is 0 Å². The van der Waals surface area contributed by atoms with Gasteiger partial charge < -0.3 is 19.9 Å². The van der Waals surface area contributed by atoms with Gasteiger partial charge in [0, 0.05) is 19.7 Å². The first-order chi connectivity index (χ1) is 7.72. The van der Waals surface area contributed by atoms with Crippen molar-refractivity contribution in [3.05, 3.63) is 17.5 Å². The van der Waals surface area contributed by atoms with Crippen molar-refractivity contribution in [2.75, 3.05) is 26.8 Å². The molecular weight excluding hydrogens is 210 g/mol. The number of nitrogens with one attached hydrogen (secondary N) is 2. The Balaban J connectivity index is 2.10. The average molecular weight is 227 g/mol. The van der Waals surface area contributed by atoms with E-state index in [1.54, 1.807) is 13.2 Å². The molecule has 90 valence electrons. The maximum atomic E-state index is 11.3. The van der Waals surface area contributed by atoms with Gasteiger partial charge in [-0.2, -0.15) is 0 Å². The van der Waals surface area contributed by atoms with E-state index in [1.165, 1.54) is 0 Å². The highest BCUT2D eigenvalue weighted by Crippen LogP contribution is 2.00. The van der Waals surface area contributed by atoms with Crippen LogP contribution in [0, 0.1) is 6.92 Å². The number of aromatic nitrogens is 1. The Kier molecular flexibility index (Phi) is 5.52. The van der Waals surface area contributed by atoms with Crippen LogP contribution in [0.25, 0.3) is 0 Å². The monoisotopic (exact) mass is 227 g/mol. The van der Waals surface area contributed by atoms with Gasteiger partial charge in [0.1, 0.15) is 11.5 Å². The normalized spacial score (nSPS) is 10.4. The first-order valence-electron chi connectivity index (χ1n) is 5.11. The van der Waals surface area contributed by atoms with Crippen molar-refractivity contribution >= 4 is 5.91 Å². The van der Waals surface area contributed by atoms with E-state index in [0.29, 0.717) is 19.7 Å². The molecule has 0 bridgehead atoms. The summed E-state index contributed by atoms with van der Waals surface area (Å²) in [4.78, 5) is 11.3. The Labute approximate surface area is 94.3 Å². The molecular formula is C10H17N3O3. The van der Waals surface area contributed by atoms with Crippen LogP contribution in [0.1, 0.15) is 11.5 Å². The molecule has 0 aliphatic heterocycles. The Morgan fingerprint density at radius 2 is 2.44 bits per heavy atom. The zero-order valence-corrected chi connectivity index (χ0v) is 9.58. The van der Waals surface area contributed by atoms with Crippen LogP contribution in [0.4, 0.5) is 0 Å². The van der Waals surface area contributed by atoms with E-state index in [1.807, 2.05) is 6.92 Å². The van der Waals surface area contributed by atoms with E-state index < -0.39 is 0 Å². The molecule has 1 aromatic heterocycles. The first-order valence-corrected chi connectivity index (χ1v) is 5.11. The molecule has 0 aliphatic rings. The van der Waals surface area contributed by atoms with Gasteiger partial charge in [-0.3, -0.25) is 4.79 Å². The number of methoxy groups -OCH3 is 1. The quantitative estimate of drug-likeness (QED) is 0.633. The van der Waals surface area contributed by atoms with Crippen LogP contribution in [-0.2, 0) is 16.1 Å². The second-order valence-electron chi connectivity index (χ2n) is 3.38. The van der Waals surface area contributed by atoms with Crippen LogP contribution in [0.15, 0.2) is 10.6 Å². The zero-order valence-electron chi connectivity index (χ0n) is 9.58. The van der Waals surface area contributed by atoms with Gasteiger partial charge in [-0.1, -0.05) is 5.16 Å².